The van der Waals surface area contributed by atoms with Crippen LogP contribution in [0.1, 0.15) is 31.2 Å². The van der Waals surface area contributed by atoms with Crippen molar-refractivity contribution in [3.63, 3.8) is 0 Å². The molecule has 1 rings (SSSR count). The highest BCUT2D eigenvalue weighted by molar-refractivity contribution is 7.11. The van der Waals surface area contributed by atoms with Crippen molar-refractivity contribution >= 4 is 22.5 Å². The Kier molecular flexibility index (Phi) is 4.51. The van der Waals surface area contributed by atoms with Gasteiger partial charge in [-0.05, 0) is 48.9 Å². The van der Waals surface area contributed by atoms with Gasteiger partial charge in [0.1, 0.15) is 0 Å². The van der Waals surface area contributed by atoms with Crippen LogP contribution >= 0.6 is 11.3 Å². The van der Waals surface area contributed by atoms with Crippen molar-refractivity contribution in [3.8, 4) is 0 Å². The lowest BCUT2D eigenvalue weighted by atomic mass is 10.1. The number of hydrogen-bond donors (Lipinski definition) is 0. The molecule has 0 saturated carbocycles. The summed E-state index contributed by atoms with van der Waals surface area (Å²) in [4.78, 5) is 1.23. The van der Waals surface area contributed by atoms with E-state index in [1.54, 1.807) is 11.3 Å². The fourth-order valence-electron chi connectivity index (χ4n) is 1.40. The number of thiophene rings is 1. The van der Waals surface area contributed by atoms with Crippen molar-refractivity contribution in [3.05, 3.63) is 58.8 Å². The molecule has 0 bridgehead atoms. The van der Waals surface area contributed by atoms with E-state index in [1.807, 2.05) is 19.9 Å². The lowest BCUT2D eigenvalue weighted by molar-refractivity contribution is 1.50. The molecule has 84 valence electrons. The molecule has 0 unspecified atom stereocenters. The van der Waals surface area contributed by atoms with E-state index < -0.39 is 0 Å². The molecule has 0 nitrogen and oxygen atoms in total. The average molecular weight is 230 g/mol. The molecule has 0 aromatic carbocycles. The van der Waals surface area contributed by atoms with Crippen LogP contribution in [0.25, 0.3) is 11.1 Å². The molecule has 0 aliphatic rings. The third-order valence-electron chi connectivity index (χ3n) is 2.22. The van der Waals surface area contributed by atoms with E-state index >= 15 is 0 Å². The van der Waals surface area contributed by atoms with Crippen LogP contribution in [0.2, 0.25) is 0 Å². The van der Waals surface area contributed by atoms with Crippen LogP contribution in [0, 0.1) is 0 Å². The summed E-state index contributed by atoms with van der Waals surface area (Å²) < 4.78 is 0. The van der Waals surface area contributed by atoms with Crippen LogP contribution in [0.15, 0.2) is 48.4 Å². The third-order valence-corrected chi connectivity index (χ3v) is 3.31. The van der Waals surface area contributed by atoms with Crippen molar-refractivity contribution in [1.29, 1.82) is 0 Å². The van der Waals surface area contributed by atoms with E-state index in [-0.39, 0.29) is 0 Å². The molecule has 0 radical (unpaired) electrons. The quantitative estimate of drug-likeness (QED) is 0.614. The molecule has 1 heterocycles. The smallest absolute Gasteiger partial charge is 0.0299 e. The van der Waals surface area contributed by atoms with Gasteiger partial charge in [-0.25, -0.2) is 0 Å². The Morgan fingerprint density at radius 1 is 1.31 bits per heavy atom. The second-order valence-corrected chi connectivity index (χ2v) is 4.80. The summed E-state index contributed by atoms with van der Waals surface area (Å²) in [6.45, 7) is 14.2. The molecule has 0 atom stereocenters. The first kappa shape index (κ1) is 12.7. The molecule has 1 aromatic rings. The summed E-state index contributed by atoms with van der Waals surface area (Å²) in [5, 5.41) is 2.13. The molecule has 0 saturated heterocycles. The average Bonchev–Trinajstić information content (AvgIpc) is 2.66. The predicted octanol–water partition coefficient (Wildman–Crippen LogP) is 5.32. The van der Waals surface area contributed by atoms with E-state index in [1.165, 1.54) is 16.0 Å². The molecule has 0 N–H and O–H groups in total. The SMILES string of the molecule is C=C(/C=C(C)\C=C/C)c1csc(C(=C)C)c1. The largest absolute Gasteiger partial charge is 0.144 e. The molecule has 0 aliphatic heterocycles. The van der Waals surface area contributed by atoms with Gasteiger partial charge in [0.2, 0.25) is 0 Å². The summed E-state index contributed by atoms with van der Waals surface area (Å²) in [7, 11) is 0. The summed E-state index contributed by atoms with van der Waals surface area (Å²) in [6, 6.07) is 2.15. The minimum absolute atomic E-state index is 1.05. The molecule has 16 heavy (non-hydrogen) atoms. The second kappa shape index (κ2) is 5.66. The molecule has 0 aliphatic carbocycles. The van der Waals surface area contributed by atoms with Gasteiger partial charge >= 0.3 is 0 Å². The molecule has 1 heteroatoms. The maximum atomic E-state index is 4.09. The lowest BCUT2D eigenvalue weighted by Gasteiger charge is -1.97. The molecule has 0 fully saturated rings. The number of hydrogen-bond acceptors (Lipinski definition) is 1. The first-order valence-corrected chi connectivity index (χ1v) is 6.17. The topological polar surface area (TPSA) is 0 Å². The van der Waals surface area contributed by atoms with Crippen molar-refractivity contribution in [1.82, 2.24) is 0 Å². The summed E-state index contributed by atoms with van der Waals surface area (Å²) in [6.07, 6.45) is 6.22. The molecular weight excluding hydrogens is 212 g/mol. The third kappa shape index (κ3) is 3.35. The summed E-state index contributed by atoms with van der Waals surface area (Å²) >= 11 is 1.72. The highest BCUT2D eigenvalue weighted by Gasteiger charge is 2.02. The van der Waals surface area contributed by atoms with Crippen molar-refractivity contribution < 1.29 is 0 Å². The predicted molar refractivity (Wildman–Crippen MR) is 76.6 cm³/mol. The van der Waals surface area contributed by atoms with Crippen LogP contribution in [0.5, 0.6) is 0 Å². The Balaban J connectivity index is 2.89. The fourth-order valence-corrected chi connectivity index (χ4v) is 2.27. The van der Waals surface area contributed by atoms with Crippen molar-refractivity contribution in [2.24, 2.45) is 0 Å². The van der Waals surface area contributed by atoms with Crippen LogP contribution < -0.4 is 0 Å². The van der Waals surface area contributed by atoms with Gasteiger partial charge in [-0.15, -0.1) is 11.3 Å². The van der Waals surface area contributed by atoms with Gasteiger partial charge in [0.15, 0.2) is 0 Å². The minimum atomic E-state index is 1.05. The molecular formula is C15H18S. The number of allylic oxidation sites excluding steroid dienone is 6. The van der Waals surface area contributed by atoms with Gasteiger partial charge in [0.25, 0.3) is 0 Å². The Morgan fingerprint density at radius 2 is 2.00 bits per heavy atom. The Morgan fingerprint density at radius 3 is 2.50 bits per heavy atom. The summed E-state index contributed by atoms with van der Waals surface area (Å²) in [5.41, 5.74) is 4.57. The van der Waals surface area contributed by atoms with E-state index in [2.05, 4.69) is 43.7 Å². The van der Waals surface area contributed by atoms with E-state index in [0.717, 1.165) is 11.1 Å². The zero-order chi connectivity index (χ0) is 12.1. The monoisotopic (exact) mass is 230 g/mol. The lowest BCUT2D eigenvalue weighted by Crippen LogP contribution is -1.76. The van der Waals surface area contributed by atoms with Crippen LogP contribution in [0.3, 0.4) is 0 Å². The first-order valence-electron chi connectivity index (χ1n) is 5.29. The minimum Gasteiger partial charge on any atom is -0.144 e. The highest BCUT2D eigenvalue weighted by atomic mass is 32.1. The fraction of sp³-hybridized carbons (Fsp3) is 0.200. The first-order chi connectivity index (χ1) is 7.54. The van der Waals surface area contributed by atoms with Crippen LogP contribution in [-0.4, -0.2) is 0 Å². The van der Waals surface area contributed by atoms with Gasteiger partial charge in [-0.2, -0.15) is 0 Å². The van der Waals surface area contributed by atoms with Gasteiger partial charge in [0, 0.05) is 4.88 Å². The molecule has 1 aromatic heterocycles. The van der Waals surface area contributed by atoms with E-state index in [9.17, 15) is 0 Å². The second-order valence-electron chi connectivity index (χ2n) is 3.89. The Hall–Kier alpha value is -1.34. The van der Waals surface area contributed by atoms with Crippen molar-refractivity contribution in [2.75, 3.05) is 0 Å². The Labute approximate surface area is 102 Å². The zero-order valence-electron chi connectivity index (χ0n) is 10.2. The van der Waals surface area contributed by atoms with Gasteiger partial charge in [-0.3, -0.25) is 0 Å². The highest BCUT2D eigenvalue weighted by Crippen LogP contribution is 2.26. The summed E-state index contributed by atoms with van der Waals surface area (Å²) in [5.74, 6) is 0. The van der Waals surface area contributed by atoms with Crippen LogP contribution in [0.4, 0.5) is 0 Å². The van der Waals surface area contributed by atoms with Crippen LogP contribution in [-0.2, 0) is 0 Å². The van der Waals surface area contributed by atoms with Gasteiger partial charge in [0.05, 0.1) is 0 Å². The van der Waals surface area contributed by atoms with Gasteiger partial charge in [-0.1, -0.05) is 37.0 Å². The Bertz CT molecular complexity index is 456. The van der Waals surface area contributed by atoms with E-state index in [4.69, 9.17) is 0 Å². The maximum absolute atomic E-state index is 4.09. The molecule has 0 amide bonds. The van der Waals surface area contributed by atoms with Gasteiger partial charge < -0.3 is 0 Å². The normalized spacial score (nSPS) is 12.1. The maximum Gasteiger partial charge on any atom is 0.0299 e. The van der Waals surface area contributed by atoms with Crippen molar-refractivity contribution in [2.45, 2.75) is 20.8 Å². The zero-order valence-corrected chi connectivity index (χ0v) is 11.0. The van der Waals surface area contributed by atoms with E-state index in [0.29, 0.717) is 0 Å². The number of rotatable bonds is 4. The molecule has 0 spiro atoms. The standard InChI is InChI=1S/C15H18S/c1-6-7-12(4)8-13(5)14-9-15(11(2)3)16-10-14/h6-10H,2,5H2,1,3-4H3/b7-6-,12-8-.